The molecule has 0 aliphatic carbocycles. The van der Waals surface area contributed by atoms with E-state index in [9.17, 15) is 23.1 Å². The second-order valence-corrected chi connectivity index (χ2v) is 10.6. The molecule has 3 heterocycles. The van der Waals surface area contributed by atoms with Gasteiger partial charge in [0.1, 0.15) is 17.5 Å². The minimum Gasteiger partial charge on any atom is -0.480 e. The Morgan fingerprint density at radius 2 is 1.94 bits per heavy atom. The van der Waals surface area contributed by atoms with Gasteiger partial charge in [-0.25, -0.2) is 13.4 Å². The number of aromatic nitrogens is 1. The van der Waals surface area contributed by atoms with E-state index in [1.807, 2.05) is 12.1 Å². The number of rotatable bonds is 9. The second-order valence-electron chi connectivity index (χ2n) is 8.87. The molecule has 2 aliphatic heterocycles. The van der Waals surface area contributed by atoms with Gasteiger partial charge in [-0.15, -0.1) is 0 Å². The fourth-order valence-electron chi connectivity index (χ4n) is 4.28. The molecular weight excluding hydrogens is 488 g/mol. The van der Waals surface area contributed by atoms with Crippen molar-refractivity contribution in [1.29, 1.82) is 0 Å². The van der Waals surface area contributed by atoms with Gasteiger partial charge in [-0.05, 0) is 24.3 Å². The maximum Gasteiger partial charge on any atom is 0.323 e. The van der Waals surface area contributed by atoms with Crippen molar-refractivity contribution >= 4 is 34.1 Å². The second kappa shape index (κ2) is 10.6. The molecule has 2 aromatic rings. The lowest BCUT2D eigenvalue weighted by Gasteiger charge is -2.37. The Morgan fingerprint density at radius 3 is 2.58 bits per heavy atom. The average Bonchev–Trinajstić information content (AvgIpc) is 3.27. The summed E-state index contributed by atoms with van der Waals surface area (Å²) in [6, 6.07) is 11.4. The van der Waals surface area contributed by atoms with Crippen molar-refractivity contribution in [3.05, 3.63) is 54.2 Å². The van der Waals surface area contributed by atoms with Crippen molar-refractivity contribution < 1.29 is 28.0 Å². The number of nitrogens with zero attached hydrogens (tertiary/aromatic N) is 4. The Kier molecular flexibility index (Phi) is 7.52. The molecule has 0 radical (unpaired) electrons. The van der Waals surface area contributed by atoms with Crippen LogP contribution in [0.25, 0.3) is 0 Å². The summed E-state index contributed by atoms with van der Waals surface area (Å²) in [6.45, 7) is 1.65. The minimum atomic E-state index is -4.11. The molecule has 192 valence electrons. The lowest BCUT2D eigenvalue weighted by Crippen LogP contribution is -2.50. The number of nitrogens with one attached hydrogen (secondary N) is 1. The molecule has 0 saturated carbocycles. The van der Waals surface area contributed by atoms with Crippen LogP contribution in [-0.2, 0) is 31.0 Å². The Balaban J connectivity index is 1.35. The van der Waals surface area contributed by atoms with Gasteiger partial charge in [0, 0.05) is 32.5 Å². The van der Waals surface area contributed by atoms with Crippen LogP contribution in [0.2, 0.25) is 0 Å². The average molecular weight is 517 g/mol. The van der Waals surface area contributed by atoms with Crippen LogP contribution in [0.15, 0.2) is 58.6 Å². The maximum atomic E-state index is 12.6. The molecule has 2 aliphatic rings. The Bertz CT molecular complexity index is 1230. The van der Waals surface area contributed by atoms with Crippen molar-refractivity contribution in [3.8, 4) is 0 Å². The van der Waals surface area contributed by atoms with Crippen LogP contribution in [-0.4, -0.2) is 77.8 Å². The van der Waals surface area contributed by atoms with Gasteiger partial charge in [0.15, 0.2) is 5.84 Å². The molecular formula is C23H28N6O6S. The van der Waals surface area contributed by atoms with Crippen LogP contribution < -0.4 is 10.5 Å². The van der Waals surface area contributed by atoms with E-state index in [0.29, 0.717) is 38.0 Å². The highest BCUT2D eigenvalue weighted by Crippen LogP contribution is 2.35. The molecule has 12 nitrogen and oxygen atoms in total. The zero-order valence-electron chi connectivity index (χ0n) is 19.5. The Labute approximate surface area is 208 Å². The van der Waals surface area contributed by atoms with Crippen LogP contribution in [0.4, 0.5) is 5.82 Å². The number of carboxylic acid groups (broad SMARTS) is 1. The number of amidine groups is 1. The number of aliphatic carboxylic acids is 1. The van der Waals surface area contributed by atoms with E-state index in [-0.39, 0.29) is 10.7 Å². The first-order chi connectivity index (χ1) is 17.2. The highest BCUT2D eigenvalue weighted by molar-refractivity contribution is 7.89. The van der Waals surface area contributed by atoms with Crippen LogP contribution >= 0.6 is 0 Å². The summed E-state index contributed by atoms with van der Waals surface area (Å²) in [6.07, 6.45) is 2.05. The van der Waals surface area contributed by atoms with Crippen molar-refractivity contribution in [1.82, 2.24) is 19.5 Å². The van der Waals surface area contributed by atoms with Gasteiger partial charge < -0.3 is 15.7 Å². The summed E-state index contributed by atoms with van der Waals surface area (Å²) in [5, 5.41) is 13.7. The summed E-state index contributed by atoms with van der Waals surface area (Å²) in [7, 11) is -4.11. The highest BCUT2D eigenvalue weighted by Gasteiger charge is 2.44. The molecule has 1 fully saturated rings. The van der Waals surface area contributed by atoms with Gasteiger partial charge in [0.05, 0.1) is 23.6 Å². The van der Waals surface area contributed by atoms with E-state index in [2.05, 4.69) is 19.8 Å². The van der Waals surface area contributed by atoms with Crippen molar-refractivity contribution in [2.75, 3.05) is 25.4 Å². The molecule has 36 heavy (non-hydrogen) atoms. The molecule has 4 N–H and O–H groups in total. The topological polar surface area (TPSA) is 168 Å². The molecule has 1 spiro atoms. The summed E-state index contributed by atoms with van der Waals surface area (Å²) in [5.41, 5.74) is 6.04. The first kappa shape index (κ1) is 25.5. The monoisotopic (exact) mass is 516 g/mol. The predicted molar refractivity (Wildman–Crippen MR) is 130 cm³/mol. The minimum absolute atomic E-state index is 0.0745. The number of oxime groups is 1. The van der Waals surface area contributed by atoms with E-state index in [0.717, 1.165) is 23.7 Å². The number of nitrogen functional groups attached to an aromatic ring is 1. The number of carbonyl (C=O) groups is 2. The fourth-order valence-corrected chi connectivity index (χ4v) is 5.49. The van der Waals surface area contributed by atoms with Crippen molar-refractivity contribution in [2.45, 2.75) is 42.3 Å². The van der Waals surface area contributed by atoms with Gasteiger partial charge in [0.2, 0.25) is 16.4 Å². The third-order valence-corrected chi connectivity index (χ3v) is 7.78. The third-order valence-electron chi connectivity index (χ3n) is 6.29. The number of anilines is 1. The van der Waals surface area contributed by atoms with Crippen LogP contribution in [0.3, 0.4) is 0 Å². The molecule has 1 saturated heterocycles. The summed E-state index contributed by atoms with van der Waals surface area (Å²) < 4.78 is 27.4. The van der Waals surface area contributed by atoms with Crippen molar-refractivity contribution in [2.24, 2.45) is 5.16 Å². The summed E-state index contributed by atoms with van der Waals surface area (Å²) in [4.78, 5) is 37.0. The fraction of sp³-hybridized carbons (Fsp3) is 0.391. The lowest BCUT2D eigenvalue weighted by molar-refractivity contribution is -0.139. The summed E-state index contributed by atoms with van der Waals surface area (Å²) in [5.74, 6) is -0.682. The number of sulfonamides is 1. The molecule has 1 aromatic heterocycles. The Hall–Kier alpha value is -3.55. The zero-order valence-corrected chi connectivity index (χ0v) is 20.3. The highest BCUT2D eigenvalue weighted by atomic mass is 32.2. The molecule has 0 unspecified atom stereocenters. The number of hydrogen-bond donors (Lipinski definition) is 3. The normalized spacial score (nSPS) is 18.3. The van der Waals surface area contributed by atoms with E-state index in [1.165, 1.54) is 24.3 Å². The van der Waals surface area contributed by atoms with Gasteiger partial charge in [-0.1, -0.05) is 29.4 Å². The number of hydrogen-bond acceptors (Lipinski definition) is 9. The number of piperidine rings is 1. The number of carboxylic acids is 1. The largest absolute Gasteiger partial charge is 0.480 e. The van der Waals surface area contributed by atoms with Crippen LogP contribution in [0.5, 0.6) is 0 Å². The SMILES string of the molecule is Nc1cccc(CN2CCC3(CC2)CC(N(C=O)C[C@H](NS(=O)(=O)c2ccccc2)C(=O)O)=NO3)n1. The quantitative estimate of drug-likeness (QED) is 0.405. The standard InChI is InChI=1S/C23H28N6O6S/c24-20-8-4-5-17(25-20)14-28-11-9-23(10-12-28)13-21(26-35-23)29(16-30)15-19(22(31)32)27-36(33,34)18-6-2-1-3-7-18/h1-8,16,19,27H,9-15H2,(H2,24,25)(H,31,32)/t19-/m0/s1. The zero-order chi connectivity index (χ0) is 25.8. The van der Waals surface area contributed by atoms with Gasteiger partial charge in [-0.3, -0.25) is 19.4 Å². The number of carbonyl (C=O) groups excluding carboxylic acids is 1. The number of nitrogens with two attached hydrogens (primary N) is 1. The number of likely N-dealkylation sites (tertiary alicyclic amines) is 1. The Morgan fingerprint density at radius 1 is 1.22 bits per heavy atom. The third kappa shape index (κ3) is 5.98. The van der Waals surface area contributed by atoms with Gasteiger partial charge in [-0.2, -0.15) is 4.72 Å². The molecule has 1 aromatic carbocycles. The van der Waals surface area contributed by atoms with Gasteiger partial charge >= 0.3 is 5.97 Å². The molecule has 1 atom stereocenters. The predicted octanol–water partition coefficient (Wildman–Crippen LogP) is 0.622. The van der Waals surface area contributed by atoms with E-state index >= 15 is 0 Å². The smallest absolute Gasteiger partial charge is 0.323 e. The number of amides is 1. The molecule has 0 bridgehead atoms. The van der Waals surface area contributed by atoms with Crippen LogP contribution in [0.1, 0.15) is 25.0 Å². The molecule has 4 rings (SSSR count). The molecule has 13 heteroatoms. The van der Waals surface area contributed by atoms with Gasteiger partial charge in [0.25, 0.3) is 0 Å². The first-order valence-corrected chi connectivity index (χ1v) is 12.9. The lowest BCUT2D eigenvalue weighted by atomic mass is 9.88. The number of benzene rings is 1. The van der Waals surface area contributed by atoms with E-state index in [1.54, 1.807) is 12.1 Å². The van der Waals surface area contributed by atoms with E-state index in [4.69, 9.17) is 10.6 Å². The number of pyridine rings is 1. The maximum absolute atomic E-state index is 12.6. The molecule has 1 amide bonds. The first-order valence-electron chi connectivity index (χ1n) is 11.4. The van der Waals surface area contributed by atoms with E-state index < -0.39 is 34.2 Å². The summed E-state index contributed by atoms with van der Waals surface area (Å²) >= 11 is 0. The van der Waals surface area contributed by atoms with Crippen LogP contribution in [0, 0.1) is 0 Å². The van der Waals surface area contributed by atoms with Crippen molar-refractivity contribution in [3.63, 3.8) is 0 Å².